The second-order valence-electron chi connectivity index (χ2n) is 8.16. The monoisotopic (exact) mass is 634 g/mol. The molecule has 2 aromatic rings. The minimum Gasteiger partial charge on any atom is -0.324 e. The number of nitrogens with two attached hydrogens (primary N) is 1. The van der Waals surface area contributed by atoms with Crippen molar-refractivity contribution in [1.29, 1.82) is 0 Å². The molecule has 0 saturated carbocycles. The van der Waals surface area contributed by atoms with Gasteiger partial charge in [-0.15, -0.1) is 12.4 Å². The van der Waals surface area contributed by atoms with Crippen molar-refractivity contribution >= 4 is 78.5 Å². The van der Waals surface area contributed by atoms with Gasteiger partial charge in [0.2, 0.25) is 0 Å². The summed E-state index contributed by atoms with van der Waals surface area (Å²) in [7, 11) is -1.11. The highest BCUT2D eigenvalue weighted by molar-refractivity contribution is 9.10. The number of rotatable bonds is 4. The molecule has 3 atom stereocenters. The molecule has 9 heteroatoms. The quantitative estimate of drug-likeness (QED) is 0.354. The Bertz CT molecular complexity index is 919. The third-order valence-electron chi connectivity index (χ3n) is 4.50. The SMILES string of the molecule is Cc1c(Br)ccc([C@@H](C)N)c1Cl.Cc1c(Br)ccc([C@@H](C)N[S@@](=O)C(C)(C)C)c1Cl.Cl. The molecule has 2 rings (SSSR count). The van der Waals surface area contributed by atoms with E-state index < -0.39 is 11.0 Å². The molecule has 3 nitrogen and oxygen atoms in total. The van der Waals surface area contributed by atoms with E-state index in [4.69, 9.17) is 28.9 Å². The van der Waals surface area contributed by atoms with Crippen LogP contribution in [0.2, 0.25) is 10.0 Å². The van der Waals surface area contributed by atoms with Gasteiger partial charge in [-0.1, -0.05) is 67.2 Å². The number of benzene rings is 2. The molecular weight excluding hydrogens is 606 g/mol. The Morgan fingerprint density at radius 3 is 1.71 bits per heavy atom. The fourth-order valence-electron chi connectivity index (χ4n) is 2.45. The van der Waals surface area contributed by atoms with E-state index in [9.17, 15) is 4.21 Å². The summed E-state index contributed by atoms with van der Waals surface area (Å²) < 4.78 is 16.9. The Labute approximate surface area is 222 Å². The van der Waals surface area contributed by atoms with Gasteiger partial charge in [0.05, 0.1) is 15.7 Å². The van der Waals surface area contributed by atoms with E-state index in [1.54, 1.807) is 0 Å². The molecule has 31 heavy (non-hydrogen) atoms. The lowest BCUT2D eigenvalue weighted by molar-refractivity contribution is 0.616. The molecule has 0 aliphatic carbocycles. The van der Waals surface area contributed by atoms with E-state index in [0.717, 1.165) is 41.2 Å². The predicted molar refractivity (Wildman–Crippen MR) is 147 cm³/mol. The Balaban J connectivity index is 0.000000605. The summed E-state index contributed by atoms with van der Waals surface area (Å²) >= 11 is 19.3. The molecule has 0 saturated heterocycles. The highest BCUT2D eigenvalue weighted by Crippen LogP contribution is 2.32. The summed E-state index contributed by atoms with van der Waals surface area (Å²) in [4.78, 5) is 0. The molecule has 0 radical (unpaired) electrons. The molecule has 2 aromatic carbocycles. The lowest BCUT2D eigenvalue weighted by Crippen LogP contribution is -2.34. The maximum atomic E-state index is 12.1. The van der Waals surface area contributed by atoms with E-state index >= 15 is 0 Å². The van der Waals surface area contributed by atoms with Crippen LogP contribution >= 0.6 is 67.5 Å². The van der Waals surface area contributed by atoms with Gasteiger partial charge in [0, 0.05) is 31.1 Å². The molecule has 0 aliphatic rings. The van der Waals surface area contributed by atoms with Crippen LogP contribution in [0.25, 0.3) is 0 Å². The van der Waals surface area contributed by atoms with E-state index in [0.29, 0.717) is 0 Å². The molecule has 0 bridgehead atoms. The molecule has 0 unspecified atom stereocenters. The number of hydrogen-bond acceptors (Lipinski definition) is 2. The Kier molecular flexibility index (Phi) is 13.4. The topological polar surface area (TPSA) is 55.1 Å². The van der Waals surface area contributed by atoms with Crippen molar-refractivity contribution in [3.05, 3.63) is 65.5 Å². The second kappa shape index (κ2) is 13.3. The Hall–Kier alpha value is 0.340. The summed E-state index contributed by atoms with van der Waals surface area (Å²) in [5, 5.41) is 1.48. The first-order valence-corrected chi connectivity index (χ1v) is 13.0. The maximum Gasteiger partial charge on any atom is 0.0975 e. The largest absolute Gasteiger partial charge is 0.324 e. The number of hydrogen-bond donors (Lipinski definition) is 2. The van der Waals surface area contributed by atoms with Gasteiger partial charge in [0.15, 0.2) is 0 Å². The zero-order valence-electron chi connectivity index (χ0n) is 18.8. The minimum absolute atomic E-state index is 0. The fraction of sp³-hybridized carbons (Fsp3) is 0.455. The molecule has 0 fully saturated rings. The number of halogens is 5. The van der Waals surface area contributed by atoms with Crippen molar-refractivity contribution in [2.24, 2.45) is 5.73 Å². The first-order chi connectivity index (χ1) is 13.7. The molecule has 0 heterocycles. The summed E-state index contributed by atoms with van der Waals surface area (Å²) in [6, 6.07) is 7.78. The lowest BCUT2D eigenvalue weighted by atomic mass is 10.1. The smallest absolute Gasteiger partial charge is 0.0975 e. The Morgan fingerprint density at radius 2 is 1.32 bits per heavy atom. The van der Waals surface area contributed by atoms with E-state index in [1.165, 1.54) is 0 Å². The normalized spacial score (nSPS) is 14.1. The van der Waals surface area contributed by atoms with Crippen LogP contribution in [-0.4, -0.2) is 8.96 Å². The first-order valence-electron chi connectivity index (χ1n) is 9.51. The zero-order chi connectivity index (χ0) is 23.4. The summed E-state index contributed by atoms with van der Waals surface area (Å²) in [6.07, 6.45) is 0. The molecular formula is C22H31Br2Cl3N2OS. The summed E-state index contributed by atoms with van der Waals surface area (Å²) in [5.41, 5.74) is 9.75. The van der Waals surface area contributed by atoms with Gasteiger partial charge in [-0.25, -0.2) is 8.93 Å². The summed E-state index contributed by atoms with van der Waals surface area (Å²) in [6.45, 7) is 13.7. The van der Waals surface area contributed by atoms with E-state index in [2.05, 4.69) is 36.6 Å². The van der Waals surface area contributed by atoms with E-state index in [1.807, 2.05) is 72.7 Å². The third kappa shape index (κ3) is 8.90. The average molecular weight is 638 g/mol. The maximum absolute atomic E-state index is 12.1. The van der Waals surface area contributed by atoms with Crippen LogP contribution in [0.5, 0.6) is 0 Å². The van der Waals surface area contributed by atoms with Crippen LogP contribution in [0.3, 0.4) is 0 Å². The molecule has 3 N–H and O–H groups in total. The van der Waals surface area contributed by atoms with Crippen molar-refractivity contribution < 1.29 is 4.21 Å². The van der Waals surface area contributed by atoms with Crippen molar-refractivity contribution in [1.82, 2.24) is 4.72 Å². The van der Waals surface area contributed by atoms with Crippen molar-refractivity contribution in [2.45, 2.75) is 65.3 Å². The van der Waals surface area contributed by atoms with Crippen molar-refractivity contribution in [3.8, 4) is 0 Å². The predicted octanol–water partition coefficient (Wildman–Crippen LogP) is 8.38. The van der Waals surface area contributed by atoms with E-state index in [-0.39, 0.29) is 29.2 Å². The minimum atomic E-state index is -1.11. The summed E-state index contributed by atoms with van der Waals surface area (Å²) in [5.74, 6) is 0. The van der Waals surface area contributed by atoms with Gasteiger partial charge in [0.1, 0.15) is 0 Å². The van der Waals surface area contributed by atoms with Gasteiger partial charge < -0.3 is 5.73 Å². The van der Waals surface area contributed by atoms with Crippen molar-refractivity contribution in [3.63, 3.8) is 0 Å². The van der Waals surface area contributed by atoms with Gasteiger partial charge in [-0.3, -0.25) is 0 Å². The van der Waals surface area contributed by atoms with Crippen LogP contribution in [0.4, 0.5) is 0 Å². The lowest BCUT2D eigenvalue weighted by Gasteiger charge is -2.23. The average Bonchev–Trinajstić information content (AvgIpc) is 2.63. The fourth-order valence-corrected chi connectivity index (χ4v) is 4.81. The van der Waals surface area contributed by atoms with Crippen LogP contribution in [0.1, 0.15) is 69.0 Å². The van der Waals surface area contributed by atoms with Crippen LogP contribution in [-0.2, 0) is 11.0 Å². The van der Waals surface area contributed by atoms with Gasteiger partial charge in [-0.05, 0) is 82.9 Å². The number of nitrogens with one attached hydrogen (secondary N) is 1. The van der Waals surface area contributed by atoms with Gasteiger partial charge >= 0.3 is 0 Å². The molecule has 0 amide bonds. The molecule has 0 aliphatic heterocycles. The van der Waals surface area contributed by atoms with Crippen LogP contribution in [0.15, 0.2) is 33.2 Å². The first kappa shape index (κ1) is 31.3. The van der Waals surface area contributed by atoms with Crippen LogP contribution in [0, 0.1) is 13.8 Å². The highest BCUT2D eigenvalue weighted by atomic mass is 79.9. The highest BCUT2D eigenvalue weighted by Gasteiger charge is 2.23. The van der Waals surface area contributed by atoms with Crippen molar-refractivity contribution in [2.75, 3.05) is 0 Å². The third-order valence-corrected chi connectivity index (χ3v) is 8.90. The molecule has 0 aromatic heterocycles. The van der Waals surface area contributed by atoms with Crippen LogP contribution < -0.4 is 10.5 Å². The zero-order valence-corrected chi connectivity index (χ0v) is 25.1. The molecule has 0 spiro atoms. The standard InChI is InChI=1S/C13H19BrClNOS.C9H11BrClN.ClH/c1-8-11(14)7-6-10(12(8)15)9(2)16-18(17)13(3,4)5;1-5-8(10)4-3-7(6(2)12)9(5)11;/h6-7,9,16H,1-5H3;3-4,6H,12H2,1-2H3;1H/t9-,18+;6-;/m11./s1. The van der Waals surface area contributed by atoms with Gasteiger partial charge in [-0.2, -0.15) is 0 Å². The second-order valence-corrected chi connectivity index (χ2v) is 12.6. The molecule has 176 valence electrons. The Morgan fingerprint density at radius 1 is 0.935 bits per heavy atom. The van der Waals surface area contributed by atoms with Gasteiger partial charge in [0.25, 0.3) is 0 Å².